The molecule has 10 heteroatoms. The summed E-state index contributed by atoms with van der Waals surface area (Å²) >= 11 is 18.7. The number of likely N-dealkylation sites (tertiary alicyclic amines) is 1. The van der Waals surface area contributed by atoms with Gasteiger partial charge in [-0.25, -0.2) is 0 Å². The molecule has 2 N–H and O–H groups in total. The molecule has 1 spiro atoms. The van der Waals surface area contributed by atoms with E-state index in [2.05, 4.69) is 10.6 Å². The molecule has 3 fully saturated rings. The SMILES string of the molecule is O=C(Nc1cc(Cl)cc(Cl)c1)[C@@H]1[C@@H]2C=C[C@]3(O2)[C@@H]1C(=O)N(CCc1ccccc1Cl)[C@H]3C(=O)NC1CCCCC1. The predicted molar refractivity (Wildman–Crippen MR) is 154 cm³/mol. The van der Waals surface area contributed by atoms with E-state index in [1.165, 1.54) is 0 Å². The molecule has 3 amide bonds. The maximum atomic E-state index is 14.1. The van der Waals surface area contributed by atoms with Crippen molar-refractivity contribution >= 4 is 58.2 Å². The molecular formula is C30H30Cl3N3O4. The molecule has 3 heterocycles. The number of nitrogens with zero attached hydrogens (tertiary/aromatic N) is 1. The van der Waals surface area contributed by atoms with Crippen molar-refractivity contribution in [2.45, 2.75) is 62.3 Å². The fraction of sp³-hybridized carbons (Fsp3) is 0.433. The summed E-state index contributed by atoms with van der Waals surface area (Å²) < 4.78 is 6.43. The normalized spacial score (nSPS) is 29.1. The number of halogens is 3. The highest BCUT2D eigenvalue weighted by molar-refractivity contribution is 6.35. The lowest BCUT2D eigenvalue weighted by molar-refractivity contribution is -0.141. The van der Waals surface area contributed by atoms with Gasteiger partial charge in [0.15, 0.2) is 0 Å². The molecule has 2 aromatic rings. The third-order valence-corrected chi connectivity index (χ3v) is 9.39. The molecule has 0 unspecified atom stereocenters. The Kier molecular flexibility index (Phi) is 7.59. The third kappa shape index (κ3) is 4.91. The number of carbonyl (C=O) groups excluding carboxylic acids is 3. The zero-order valence-electron chi connectivity index (χ0n) is 21.7. The van der Waals surface area contributed by atoms with Crippen LogP contribution in [0.4, 0.5) is 5.69 Å². The Morgan fingerprint density at radius 2 is 1.73 bits per heavy atom. The fourth-order valence-electron chi connectivity index (χ4n) is 6.83. The van der Waals surface area contributed by atoms with Crippen molar-refractivity contribution in [3.63, 3.8) is 0 Å². The molecule has 0 radical (unpaired) electrons. The van der Waals surface area contributed by atoms with Crippen LogP contribution in [0.1, 0.15) is 37.7 Å². The zero-order valence-corrected chi connectivity index (χ0v) is 24.0. The van der Waals surface area contributed by atoms with Gasteiger partial charge >= 0.3 is 0 Å². The van der Waals surface area contributed by atoms with Crippen LogP contribution in [0.25, 0.3) is 0 Å². The number of fused-ring (bicyclic) bond motifs is 1. The molecule has 3 aliphatic heterocycles. The first-order valence-corrected chi connectivity index (χ1v) is 14.9. The molecule has 1 aliphatic carbocycles. The molecule has 0 aromatic heterocycles. The van der Waals surface area contributed by atoms with E-state index in [1.54, 1.807) is 35.2 Å². The average molecular weight is 603 g/mol. The highest BCUT2D eigenvalue weighted by Crippen LogP contribution is 2.55. The quantitative estimate of drug-likeness (QED) is 0.414. The van der Waals surface area contributed by atoms with Crippen LogP contribution < -0.4 is 10.6 Å². The van der Waals surface area contributed by atoms with Gasteiger partial charge in [-0.15, -0.1) is 0 Å². The largest absolute Gasteiger partial charge is 0.359 e. The van der Waals surface area contributed by atoms with E-state index in [9.17, 15) is 14.4 Å². The minimum Gasteiger partial charge on any atom is -0.359 e. The van der Waals surface area contributed by atoms with Crippen molar-refractivity contribution in [1.82, 2.24) is 10.2 Å². The first-order chi connectivity index (χ1) is 19.3. The van der Waals surface area contributed by atoms with E-state index >= 15 is 0 Å². The highest BCUT2D eigenvalue weighted by atomic mass is 35.5. The van der Waals surface area contributed by atoms with Gasteiger partial charge in [0, 0.05) is 33.3 Å². The lowest BCUT2D eigenvalue weighted by Crippen LogP contribution is -2.56. The summed E-state index contributed by atoms with van der Waals surface area (Å²) in [5.74, 6) is -2.55. The monoisotopic (exact) mass is 601 g/mol. The topological polar surface area (TPSA) is 87.7 Å². The van der Waals surface area contributed by atoms with Gasteiger partial charge in [-0.2, -0.15) is 0 Å². The standard InChI is InChI=1S/C30H30Cl3N3O4/c31-18-14-19(32)16-21(15-18)35-27(37)24-23-10-12-30(40-23)25(24)29(39)36(13-11-17-6-4-5-9-22(17)33)26(30)28(38)34-20-7-2-1-3-8-20/h4-6,9-10,12,14-16,20,23-26H,1-3,7-8,11,13H2,(H,34,38)(H,35,37)/t23-,24+,25-,26-,30-/m0/s1. The van der Waals surface area contributed by atoms with E-state index in [0.29, 0.717) is 27.2 Å². The van der Waals surface area contributed by atoms with Crippen LogP contribution in [-0.4, -0.2) is 53.0 Å². The van der Waals surface area contributed by atoms with Gasteiger partial charge in [0.05, 0.1) is 17.9 Å². The van der Waals surface area contributed by atoms with Crippen molar-refractivity contribution in [1.29, 1.82) is 0 Å². The smallest absolute Gasteiger partial charge is 0.246 e. The van der Waals surface area contributed by atoms with Crippen LogP contribution in [0.15, 0.2) is 54.6 Å². The van der Waals surface area contributed by atoms with Crippen LogP contribution in [0, 0.1) is 11.8 Å². The summed E-state index contributed by atoms with van der Waals surface area (Å²) in [4.78, 5) is 43.3. The van der Waals surface area contributed by atoms with Gasteiger partial charge in [-0.1, -0.05) is 84.4 Å². The first kappa shape index (κ1) is 27.6. The summed E-state index contributed by atoms with van der Waals surface area (Å²) in [6.07, 6.45) is 8.57. The number of ether oxygens (including phenoxy) is 1. The predicted octanol–water partition coefficient (Wildman–Crippen LogP) is 5.43. The second-order valence-electron chi connectivity index (χ2n) is 11.1. The Bertz CT molecular complexity index is 1360. The van der Waals surface area contributed by atoms with E-state index in [0.717, 1.165) is 37.7 Å². The van der Waals surface area contributed by atoms with Gasteiger partial charge in [0.25, 0.3) is 0 Å². The number of hydrogen-bond acceptors (Lipinski definition) is 4. The van der Waals surface area contributed by atoms with Crippen LogP contribution in [0.5, 0.6) is 0 Å². The Balaban J connectivity index is 1.30. The summed E-state index contributed by atoms with van der Waals surface area (Å²) in [5, 5.41) is 7.43. The van der Waals surface area contributed by atoms with E-state index in [4.69, 9.17) is 39.5 Å². The molecule has 1 saturated carbocycles. The Hall–Kier alpha value is -2.58. The van der Waals surface area contributed by atoms with Gasteiger partial charge < -0.3 is 20.3 Å². The Labute approximate surface area is 248 Å². The van der Waals surface area contributed by atoms with Gasteiger partial charge in [-0.3, -0.25) is 14.4 Å². The van der Waals surface area contributed by atoms with Crippen LogP contribution in [-0.2, 0) is 25.5 Å². The number of hydrogen-bond donors (Lipinski definition) is 2. The minimum atomic E-state index is -1.23. The van der Waals surface area contributed by atoms with Crippen LogP contribution in [0.3, 0.4) is 0 Å². The Morgan fingerprint density at radius 3 is 2.45 bits per heavy atom. The number of amides is 3. The maximum absolute atomic E-state index is 14.1. The molecule has 4 aliphatic rings. The second-order valence-corrected chi connectivity index (χ2v) is 12.3. The number of anilines is 1. The molecule has 210 valence electrons. The lowest BCUT2D eigenvalue weighted by atomic mass is 9.74. The molecule has 6 rings (SSSR count). The Morgan fingerprint density at radius 1 is 1.00 bits per heavy atom. The maximum Gasteiger partial charge on any atom is 0.246 e. The van der Waals surface area contributed by atoms with E-state index < -0.39 is 29.6 Å². The van der Waals surface area contributed by atoms with Crippen molar-refractivity contribution in [3.05, 3.63) is 75.2 Å². The van der Waals surface area contributed by atoms with Crippen LogP contribution >= 0.6 is 34.8 Å². The molecule has 2 aromatic carbocycles. The summed E-state index contributed by atoms with van der Waals surface area (Å²) in [7, 11) is 0. The summed E-state index contributed by atoms with van der Waals surface area (Å²) in [5.41, 5.74) is 0.0800. The van der Waals surface area contributed by atoms with E-state index in [1.807, 2.05) is 24.3 Å². The van der Waals surface area contributed by atoms with Gasteiger partial charge in [-0.05, 0) is 49.1 Å². The molecule has 2 bridgehead atoms. The number of carbonyl (C=O) groups is 3. The third-order valence-electron chi connectivity index (χ3n) is 8.59. The second kappa shape index (κ2) is 11.0. The molecule has 5 atom stereocenters. The summed E-state index contributed by atoms with van der Waals surface area (Å²) in [6, 6.07) is 11.4. The average Bonchev–Trinajstić information content (AvgIpc) is 3.55. The molecular weight excluding hydrogens is 573 g/mol. The highest BCUT2D eigenvalue weighted by Gasteiger charge is 2.72. The fourth-order valence-corrected chi connectivity index (χ4v) is 7.58. The van der Waals surface area contributed by atoms with Crippen molar-refractivity contribution in [3.8, 4) is 0 Å². The van der Waals surface area contributed by atoms with Crippen molar-refractivity contribution in [2.24, 2.45) is 11.8 Å². The van der Waals surface area contributed by atoms with Gasteiger partial charge in [0.1, 0.15) is 11.6 Å². The molecule has 40 heavy (non-hydrogen) atoms. The summed E-state index contributed by atoms with van der Waals surface area (Å²) in [6.45, 7) is 0.268. The number of rotatable bonds is 7. The number of nitrogens with one attached hydrogen (secondary N) is 2. The van der Waals surface area contributed by atoms with Crippen molar-refractivity contribution < 1.29 is 19.1 Å². The minimum absolute atomic E-state index is 0.0616. The van der Waals surface area contributed by atoms with Crippen LogP contribution in [0.2, 0.25) is 15.1 Å². The first-order valence-electron chi connectivity index (χ1n) is 13.8. The van der Waals surface area contributed by atoms with E-state index in [-0.39, 0.29) is 30.3 Å². The zero-order chi connectivity index (χ0) is 28.0. The van der Waals surface area contributed by atoms with Gasteiger partial charge in [0.2, 0.25) is 17.7 Å². The molecule has 2 saturated heterocycles. The molecule has 7 nitrogen and oxygen atoms in total. The lowest BCUT2D eigenvalue weighted by Gasteiger charge is -2.34. The van der Waals surface area contributed by atoms with Crippen molar-refractivity contribution in [2.75, 3.05) is 11.9 Å². The number of benzene rings is 2.